The number of methoxy groups -OCH3 is 2. The Hall–Kier alpha value is -2.01. The molecule has 1 aromatic carbocycles. The van der Waals surface area contributed by atoms with Crippen molar-refractivity contribution in [2.75, 3.05) is 14.2 Å². The van der Waals surface area contributed by atoms with Gasteiger partial charge in [-0.25, -0.2) is 4.98 Å². The topological polar surface area (TPSA) is 56.5 Å². The van der Waals surface area contributed by atoms with Crippen LogP contribution in [0.25, 0.3) is 11.3 Å². The smallest absolute Gasteiger partial charge is 0.181 e. The molecule has 0 amide bonds. The zero-order valence-electron chi connectivity index (χ0n) is 12.3. The molecule has 0 fully saturated rings. The van der Waals surface area contributed by atoms with Gasteiger partial charge < -0.3 is 19.2 Å². The Kier molecular flexibility index (Phi) is 4.63. The molecule has 0 spiro atoms. The zero-order valence-corrected chi connectivity index (χ0v) is 12.3. The Balaban J connectivity index is 2.30. The number of nitrogens with one attached hydrogen (secondary N) is 1. The van der Waals surface area contributed by atoms with Gasteiger partial charge in [0.05, 0.1) is 14.2 Å². The first-order valence-electron chi connectivity index (χ1n) is 6.53. The second-order valence-electron chi connectivity index (χ2n) is 4.73. The van der Waals surface area contributed by atoms with Gasteiger partial charge in [0.1, 0.15) is 5.69 Å². The first-order chi connectivity index (χ1) is 9.65. The number of rotatable bonds is 6. The molecule has 0 saturated heterocycles. The van der Waals surface area contributed by atoms with Crippen LogP contribution in [0.1, 0.15) is 19.5 Å². The molecule has 108 valence electrons. The summed E-state index contributed by atoms with van der Waals surface area (Å²) in [7, 11) is 3.23. The van der Waals surface area contributed by atoms with Gasteiger partial charge in [-0.1, -0.05) is 13.8 Å². The molecule has 1 N–H and O–H groups in total. The molecule has 20 heavy (non-hydrogen) atoms. The van der Waals surface area contributed by atoms with Crippen molar-refractivity contribution in [1.29, 1.82) is 0 Å². The monoisotopic (exact) mass is 276 g/mol. The lowest BCUT2D eigenvalue weighted by Gasteiger charge is -2.10. The highest BCUT2D eigenvalue weighted by molar-refractivity contribution is 5.64. The van der Waals surface area contributed by atoms with Gasteiger partial charge >= 0.3 is 0 Å². The van der Waals surface area contributed by atoms with Crippen molar-refractivity contribution in [1.82, 2.24) is 10.3 Å². The average Bonchev–Trinajstić information content (AvgIpc) is 2.92. The number of hydrogen-bond acceptors (Lipinski definition) is 5. The summed E-state index contributed by atoms with van der Waals surface area (Å²) in [5, 5.41) is 3.33. The Morgan fingerprint density at radius 3 is 2.60 bits per heavy atom. The van der Waals surface area contributed by atoms with Gasteiger partial charge in [0.15, 0.2) is 23.7 Å². The van der Waals surface area contributed by atoms with E-state index in [9.17, 15) is 0 Å². The molecular weight excluding hydrogens is 256 g/mol. The van der Waals surface area contributed by atoms with E-state index in [-0.39, 0.29) is 0 Å². The van der Waals surface area contributed by atoms with Gasteiger partial charge in [-0.2, -0.15) is 0 Å². The van der Waals surface area contributed by atoms with Crippen LogP contribution in [-0.2, 0) is 6.54 Å². The molecule has 0 aliphatic carbocycles. The fourth-order valence-corrected chi connectivity index (χ4v) is 1.91. The van der Waals surface area contributed by atoms with Crippen LogP contribution in [0.5, 0.6) is 11.5 Å². The van der Waals surface area contributed by atoms with Crippen LogP contribution in [0.3, 0.4) is 0 Å². The van der Waals surface area contributed by atoms with Gasteiger partial charge in [-0.15, -0.1) is 0 Å². The van der Waals surface area contributed by atoms with E-state index in [1.54, 1.807) is 14.2 Å². The predicted molar refractivity (Wildman–Crippen MR) is 77.0 cm³/mol. The second-order valence-corrected chi connectivity index (χ2v) is 4.73. The van der Waals surface area contributed by atoms with Crippen LogP contribution in [-0.4, -0.2) is 25.2 Å². The molecular formula is C15H20N2O3. The molecule has 0 radical (unpaired) electrons. The standard InChI is InChI=1S/C15H20N2O3/c1-10(2)16-8-12-15(20-9-17-12)11-5-6-13(18-3)14(7-11)19-4/h5-7,9-10,16H,8H2,1-4H3. The first kappa shape index (κ1) is 14.4. The summed E-state index contributed by atoms with van der Waals surface area (Å²) in [6.45, 7) is 4.85. The van der Waals surface area contributed by atoms with E-state index in [2.05, 4.69) is 24.1 Å². The minimum Gasteiger partial charge on any atom is -0.493 e. The SMILES string of the molecule is COc1ccc(-c2ocnc2CNC(C)C)cc1OC. The minimum atomic E-state index is 0.393. The average molecular weight is 276 g/mol. The minimum absolute atomic E-state index is 0.393. The fraction of sp³-hybridized carbons (Fsp3) is 0.400. The summed E-state index contributed by atoms with van der Waals surface area (Å²) in [6.07, 6.45) is 1.46. The lowest BCUT2D eigenvalue weighted by Crippen LogP contribution is -2.22. The maximum Gasteiger partial charge on any atom is 0.181 e. The third-order valence-corrected chi connectivity index (χ3v) is 2.96. The van der Waals surface area contributed by atoms with Gasteiger partial charge in [0.2, 0.25) is 0 Å². The van der Waals surface area contributed by atoms with Crippen molar-refractivity contribution in [2.45, 2.75) is 26.4 Å². The van der Waals surface area contributed by atoms with E-state index in [1.165, 1.54) is 6.39 Å². The zero-order chi connectivity index (χ0) is 14.5. The van der Waals surface area contributed by atoms with E-state index in [0.29, 0.717) is 24.1 Å². The number of benzene rings is 1. The molecule has 0 saturated carbocycles. The molecule has 0 aliphatic heterocycles. The predicted octanol–water partition coefficient (Wildman–Crippen LogP) is 2.86. The molecule has 2 aromatic rings. The Bertz CT molecular complexity index is 564. The molecule has 0 bridgehead atoms. The van der Waals surface area contributed by atoms with Crippen LogP contribution in [0.2, 0.25) is 0 Å². The summed E-state index contributed by atoms with van der Waals surface area (Å²) >= 11 is 0. The highest BCUT2D eigenvalue weighted by atomic mass is 16.5. The van der Waals surface area contributed by atoms with E-state index >= 15 is 0 Å². The summed E-state index contributed by atoms with van der Waals surface area (Å²) in [6, 6.07) is 6.07. The Labute approximate surface area is 118 Å². The Morgan fingerprint density at radius 1 is 1.20 bits per heavy atom. The van der Waals surface area contributed by atoms with E-state index in [1.807, 2.05) is 18.2 Å². The molecule has 2 rings (SSSR count). The highest BCUT2D eigenvalue weighted by Gasteiger charge is 2.13. The highest BCUT2D eigenvalue weighted by Crippen LogP contribution is 2.33. The molecule has 0 unspecified atom stereocenters. The van der Waals surface area contributed by atoms with Gasteiger partial charge in [-0.05, 0) is 18.2 Å². The van der Waals surface area contributed by atoms with Crippen molar-refractivity contribution in [3.63, 3.8) is 0 Å². The second kappa shape index (κ2) is 6.43. The number of aromatic nitrogens is 1. The van der Waals surface area contributed by atoms with Crippen molar-refractivity contribution in [2.24, 2.45) is 0 Å². The first-order valence-corrected chi connectivity index (χ1v) is 6.53. The summed E-state index contributed by atoms with van der Waals surface area (Å²) in [5.41, 5.74) is 1.80. The van der Waals surface area contributed by atoms with Gasteiger partial charge in [0, 0.05) is 18.2 Å². The van der Waals surface area contributed by atoms with Crippen molar-refractivity contribution >= 4 is 0 Å². The lowest BCUT2D eigenvalue weighted by atomic mass is 10.1. The maximum absolute atomic E-state index is 5.51. The summed E-state index contributed by atoms with van der Waals surface area (Å²) < 4.78 is 16.1. The number of oxazole rings is 1. The molecule has 1 heterocycles. The summed E-state index contributed by atoms with van der Waals surface area (Å²) in [5.74, 6) is 2.11. The molecule has 5 heteroatoms. The van der Waals surface area contributed by atoms with Crippen LogP contribution in [0, 0.1) is 0 Å². The van der Waals surface area contributed by atoms with Gasteiger partial charge in [-0.3, -0.25) is 0 Å². The molecule has 0 atom stereocenters. The fourth-order valence-electron chi connectivity index (χ4n) is 1.91. The van der Waals surface area contributed by atoms with E-state index in [0.717, 1.165) is 17.0 Å². The summed E-state index contributed by atoms with van der Waals surface area (Å²) in [4.78, 5) is 4.26. The third kappa shape index (κ3) is 3.11. The van der Waals surface area contributed by atoms with Crippen LogP contribution < -0.4 is 14.8 Å². The maximum atomic E-state index is 5.51. The van der Waals surface area contributed by atoms with E-state index < -0.39 is 0 Å². The largest absolute Gasteiger partial charge is 0.493 e. The molecule has 5 nitrogen and oxygen atoms in total. The van der Waals surface area contributed by atoms with E-state index in [4.69, 9.17) is 13.9 Å². The number of nitrogens with zero attached hydrogens (tertiary/aromatic N) is 1. The lowest BCUT2D eigenvalue weighted by molar-refractivity contribution is 0.355. The van der Waals surface area contributed by atoms with Crippen LogP contribution in [0.15, 0.2) is 29.0 Å². The van der Waals surface area contributed by atoms with Crippen molar-refractivity contribution in [3.8, 4) is 22.8 Å². The van der Waals surface area contributed by atoms with Crippen molar-refractivity contribution < 1.29 is 13.9 Å². The molecule has 1 aromatic heterocycles. The molecule has 0 aliphatic rings. The van der Waals surface area contributed by atoms with Crippen molar-refractivity contribution in [3.05, 3.63) is 30.3 Å². The number of hydrogen-bond donors (Lipinski definition) is 1. The third-order valence-electron chi connectivity index (χ3n) is 2.96. The normalized spacial score (nSPS) is 10.8. The van der Waals surface area contributed by atoms with Crippen LogP contribution in [0.4, 0.5) is 0 Å². The van der Waals surface area contributed by atoms with Gasteiger partial charge in [0.25, 0.3) is 0 Å². The Morgan fingerprint density at radius 2 is 1.95 bits per heavy atom. The quantitative estimate of drug-likeness (QED) is 0.879. The van der Waals surface area contributed by atoms with Crippen LogP contribution >= 0.6 is 0 Å². The number of ether oxygens (including phenoxy) is 2.